The van der Waals surface area contributed by atoms with Crippen molar-refractivity contribution < 1.29 is 27.8 Å². The number of methoxy groups -OCH3 is 2. The summed E-state index contributed by atoms with van der Waals surface area (Å²) in [6.45, 7) is 0. The fourth-order valence-electron chi connectivity index (χ4n) is 3.28. The molecule has 162 valence electrons. The summed E-state index contributed by atoms with van der Waals surface area (Å²) >= 11 is 0. The van der Waals surface area contributed by atoms with Crippen LogP contribution in [0.15, 0.2) is 71.6 Å². The highest BCUT2D eigenvalue weighted by Gasteiger charge is 2.19. The van der Waals surface area contributed by atoms with E-state index < -0.39 is 21.6 Å². The molecule has 0 aliphatic heterocycles. The average molecular weight is 442 g/mol. The Hall–Kier alpha value is -3.52. The number of aliphatic carboxylic acids is 1. The van der Waals surface area contributed by atoms with Gasteiger partial charge in [-0.05, 0) is 54.1 Å². The first-order valence-corrected chi connectivity index (χ1v) is 11.0. The van der Waals surface area contributed by atoms with Crippen LogP contribution in [-0.2, 0) is 14.6 Å². The van der Waals surface area contributed by atoms with Crippen molar-refractivity contribution in [3.8, 4) is 22.6 Å². The summed E-state index contributed by atoms with van der Waals surface area (Å²) < 4.78 is 35.2. The molecule has 0 aliphatic rings. The number of sulfone groups is 1. The van der Waals surface area contributed by atoms with Gasteiger partial charge in [0.1, 0.15) is 11.5 Å². The van der Waals surface area contributed by atoms with E-state index in [1.807, 2.05) is 54.4 Å². The van der Waals surface area contributed by atoms with E-state index in [1.54, 1.807) is 26.4 Å². The molecule has 0 bridgehead atoms. The zero-order chi connectivity index (χ0) is 22.6. The van der Waals surface area contributed by atoms with Gasteiger partial charge in [0.25, 0.3) is 0 Å². The summed E-state index contributed by atoms with van der Waals surface area (Å²) in [7, 11) is 1.20. The van der Waals surface area contributed by atoms with Crippen LogP contribution in [0.25, 0.3) is 11.1 Å². The molecule has 8 heteroatoms. The Kier molecular flexibility index (Phi) is 6.50. The Morgan fingerprint density at radius 3 is 2.03 bits per heavy atom. The molecule has 0 aliphatic carbocycles. The second-order valence-electron chi connectivity index (χ2n) is 6.79. The summed E-state index contributed by atoms with van der Waals surface area (Å²) in [6.07, 6.45) is 0. The number of carboxylic acid groups (broad SMARTS) is 1. The van der Waals surface area contributed by atoms with Crippen molar-refractivity contribution in [3.63, 3.8) is 0 Å². The summed E-state index contributed by atoms with van der Waals surface area (Å²) in [4.78, 5) is 12.7. The Balaban J connectivity index is 1.95. The maximum Gasteiger partial charge on any atom is 0.319 e. The van der Waals surface area contributed by atoms with Gasteiger partial charge in [0.05, 0.1) is 24.7 Å². The number of hydrogen-bond acceptors (Lipinski definition) is 6. The van der Waals surface area contributed by atoms with Crippen molar-refractivity contribution in [1.82, 2.24) is 0 Å². The second-order valence-corrected chi connectivity index (χ2v) is 8.78. The number of carboxylic acids is 1. The molecule has 31 heavy (non-hydrogen) atoms. The molecular weight excluding hydrogens is 418 g/mol. The Morgan fingerprint density at radius 1 is 0.903 bits per heavy atom. The zero-order valence-electron chi connectivity index (χ0n) is 17.4. The third-order valence-electron chi connectivity index (χ3n) is 4.85. The molecule has 0 heterocycles. The zero-order valence-corrected chi connectivity index (χ0v) is 18.2. The van der Waals surface area contributed by atoms with Gasteiger partial charge in [0, 0.05) is 18.4 Å². The number of carbonyl (C=O) groups is 1. The van der Waals surface area contributed by atoms with Gasteiger partial charge in [0.15, 0.2) is 15.6 Å². The van der Waals surface area contributed by atoms with Crippen molar-refractivity contribution in [3.05, 3.63) is 66.7 Å². The van der Waals surface area contributed by atoms with E-state index in [1.165, 1.54) is 12.1 Å². The standard InChI is InChI=1S/C23H23NO6S/c1-24(17-10-12-19(13-11-17)31(27,28)15-22(25)26)18-7-4-6-16(14-18)23-20(29-2)8-5-9-21(23)30-3/h4-14H,15H2,1-3H3,(H,25,26). The molecule has 0 fully saturated rings. The van der Waals surface area contributed by atoms with Gasteiger partial charge < -0.3 is 19.5 Å². The van der Waals surface area contributed by atoms with Crippen LogP contribution < -0.4 is 14.4 Å². The van der Waals surface area contributed by atoms with Crippen LogP contribution >= 0.6 is 0 Å². The lowest BCUT2D eigenvalue weighted by molar-refractivity contribution is -0.134. The minimum atomic E-state index is -3.87. The number of nitrogens with zero attached hydrogens (tertiary/aromatic N) is 1. The third-order valence-corrected chi connectivity index (χ3v) is 6.46. The largest absolute Gasteiger partial charge is 0.496 e. The lowest BCUT2D eigenvalue weighted by Gasteiger charge is -2.21. The molecule has 0 amide bonds. The van der Waals surface area contributed by atoms with E-state index in [-0.39, 0.29) is 4.90 Å². The Morgan fingerprint density at radius 2 is 1.48 bits per heavy atom. The van der Waals surface area contributed by atoms with Crippen LogP contribution in [-0.4, -0.2) is 46.5 Å². The monoisotopic (exact) mass is 441 g/mol. The maximum atomic E-state index is 12.1. The van der Waals surface area contributed by atoms with Crippen LogP contribution in [0.2, 0.25) is 0 Å². The normalized spacial score (nSPS) is 11.1. The maximum absolute atomic E-state index is 12.1. The number of rotatable bonds is 8. The topological polar surface area (TPSA) is 93.1 Å². The van der Waals surface area contributed by atoms with Gasteiger partial charge in [-0.15, -0.1) is 0 Å². The lowest BCUT2D eigenvalue weighted by Crippen LogP contribution is -2.15. The first-order valence-electron chi connectivity index (χ1n) is 9.36. The van der Waals surface area contributed by atoms with E-state index in [0.717, 1.165) is 22.5 Å². The van der Waals surface area contributed by atoms with Gasteiger partial charge in [-0.3, -0.25) is 4.79 Å². The predicted octanol–water partition coefficient (Wildman–Crippen LogP) is 4.00. The van der Waals surface area contributed by atoms with Crippen LogP contribution in [0, 0.1) is 0 Å². The van der Waals surface area contributed by atoms with Crippen LogP contribution in [0.1, 0.15) is 0 Å². The summed E-state index contributed by atoms with van der Waals surface area (Å²) in [5, 5.41) is 8.79. The quantitative estimate of drug-likeness (QED) is 0.565. The van der Waals surface area contributed by atoms with E-state index in [4.69, 9.17) is 14.6 Å². The van der Waals surface area contributed by atoms with Gasteiger partial charge >= 0.3 is 5.97 Å². The molecule has 0 aromatic heterocycles. The van der Waals surface area contributed by atoms with Gasteiger partial charge in [-0.1, -0.05) is 18.2 Å². The Labute approximate surface area is 181 Å². The lowest BCUT2D eigenvalue weighted by atomic mass is 10.0. The molecule has 3 aromatic rings. The smallest absolute Gasteiger partial charge is 0.319 e. The van der Waals surface area contributed by atoms with Crippen molar-refractivity contribution >= 4 is 27.2 Å². The minimum Gasteiger partial charge on any atom is -0.496 e. The molecule has 7 nitrogen and oxygen atoms in total. The SMILES string of the molecule is COc1cccc(OC)c1-c1cccc(N(C)c2ccc(S(=O)(=O)CC(=O)O)cc2)c1. The van der Waals surface area contributed by atoms with Crippen LogP contribution in [0.4, 0.5) is 11.4 Å². The van der Waals surface area contributed by atoms with Gasteiger partial charge in [-0.25, -0.2) is 8.42 Å². The van der Waals surface area contributed by atoms with Gasteiger partial charge in [-0.2, -0.15) is 0 Å². The fourth-order valence-corrected chi connectivity index (χ4v) is 4.32. The van der Waals surface area contributed by atoms with E-state index >= 15 is 0 Å². The molecule has 0 unspecified atom stereocenters. The van der Waals surface area contributed by atoms with E-state index in [9.17, 15) is 13.2 Å². The van der Waals surface area contributed by atoms with Crippen molar-refractivity contribution in [1.29, 1.82) is 0 Å². The molecule has 0 spiro atoms. The summed E-state index contributed by atoms with van der Waals surface area (Å²) in [5.41, 5.74) is 3.35. The Bertz CT molecular complexity index is 1170. The molecule has 0 saturated heterocycles. The first-order chi connectivity index (χ1) is 14.8. The van der Waals surface area contributed by atoms with E-state index in [2.05, 4.69) is 0 Å². The van der Waals surface area contributed by atoms with Crippen LogP contribution in [0.3, 0.4) is 0 Å². The summed E-state index contributed by atoms with van der Waals surface area (Å²) in [6, 6.07) is 19.5. The van der Waals surface area contributed by atoms with Crippen molar-refractivity contribution in [2.75, 3.05) is 31.9 Å². The van der Waals surface area contributed by atoms with Crippen molar-refractivity contribution in [2.45, 2.75) is 4.90 Å². The summed E-state index contributed by atoms with van der Waals surface area (Å²) in [5.74, 6) is -0.950. The molecule has 0 saturated carbocycles. The molecule has 3 aromatic carbocycles. The van der Waals surface area contributed by atoms with Crippen LogP contribution in [0.5, 0.6) is 11.5 Å². The third kappa shape index (κ3) is 4.80. The predicted molar refractivity (Wildman–Crippen MR) is 119 cm³/mol. The number of ether oxygens (including phenoxy) is 2. The fraction of sp³-hybridized carbons (Fsp3) is 0.174. The molecule has 1 N–H and O–H groups in total. The van der Waals surface area contributed by atoms with Gasteiger partial charge in [0.2, 0.25) is 0 Å². The molecular formula is C23H23NO6S. The second kappa shape index (κ2) is 9.09. The highest BCUT2D eigenvalue weighted by Crippen LogP contribution is 2.40. The highest BCUT2D eigenvalue weighted by molar-refractivity contribution is 7.92. The number of benzene rings is 3. The number of anilines is 2. The average Bonchev–Trinajstić information content (AvgIpc) is 2.77. The number of hydrogen-bond donors (Lipinski definition) is 1. The molecule has 3 rings (SSSR count). The molecule has 0 radical (unpaired) electrons. The molecule has 0 atom stereocenters. The minimum absolute atomic E-state index is 0.0282. The van der Waals surface area contributed by atoms with E-state index in [0.29, 0.717) is 11.5 Å². The highest BCUT2D eigenvalue weighted by atomic mass is 32.2. The van der Waals surface area contributed by atoms with Crippen molar-refractivity contribution in [2.24, 2.45) is 0 Å². The first kappa shape index (κ1) is 22.2.